The fraction of sp³-hybridized carbons (Fsp3) is 0.455. The van der Waals surface area contributed by atoms with Crippen LogP contribution in [0.5, 0.6) is 5.88 Å². The zero-order valence-electron chi connectivity index (χ0n) is 10.2. The lowest BCUT2D eigenvalue weighted by molar-refractivity contribution is 0.0526. The van der Waals surface area contributed by atoms with Gasteiger partial charge in [0.15, 0.2) is 0 Å². The Balaban J connectivity index is 0.00000289. The Labute approximate surface area is 117 Å². The molecule has 0 saturated carbocycles. The van der Waals surface area contributed by atoms with Crippen molar-refractivity contribution in [3.63, 3.8) is 0 Å². The molecule has 1 atom stereocenters. The predicted octanol–water partition coefficient (Wildman–Crippen LogP) is 2.06. The van der Waals surface area contributed by atoms with Crippen LogP contribution in [0, 0.1) is 0 Å². The van der Waals surface area contributed by atoms with E-state index in [-0.39, 0.29) is 35.6 Å². The average Bonchev–Trinajstić information content (AvgIpc) is 2.28. The second-order valence-electron chi connectivity index (χ2n) is 3.51. The number of ether oxygens (including phenoxy) is 2. The van der Waals surface area contributed by atoms with Crippen molar-refractivity contribution < 1.29 is 14.3 Å². The maximum Gasteiger partial charge on any atom is 0.339 e. The molecule has 2 N–H and O–H groups in total. The molecule has 0 radical (unpaired) electrons. The summed E-state index contributed by atoms with van der Waals surface area (Å²) < 4.78 is 10.1. The molecule has 1 aromatic heterocycles. The van der Waals surface area contributed by atoms with Gasteiger partial charge in [-0.15, -0.1) is 12.4 Å². The molecule has 1 rings (SSSR count). The SMILES string of the molecule is CCOC(=O)c1cc(OCC(C)N)ncc1Cl.Cl. The van der Waals surface area contributed by atoms with E-state index in [4.69, 9.17) is 26.8 Å². The van der Waals surface area contributed by atoms with Crippen molar-refractivity contribution in [2.75, 3.05) is 13.2 Å². The van der Waals surface area contributed by atoms with E-state index in [0.29, 0.717) is 12.5 Å². The molecule has 1 heterocycles. The molecule has 0 fully saturated rings. The summed E-state index contributed by atoms with van der Waals surface area (Å²) in [4.78, 5) is 15.5. The van der Waals surface area contributed by atoms with Crippen LogP contribution in [0.3, 0.4) is 0 Å². The van der Waals surface area contributed by atoms with Gasteiger partial charge in [-0.05, 0) is 13.8 Å². The van der Waals surface area contributed by atoms with Gasteiger partial charge in [-0.3, -0.25) is 0 Å². The van der Waals surface area contributed by atoms with Gasteiger partial charge in [0, 0.05) is 12.1 Å². The number of nitrogens with two attached hydrogens (primary N) is 1. The zero-order chi connectivity index (χ0) is 12.8. The topological polar surface area (TPSA) is 74.4 Å². The Bertz CT molecular complexity index is 400. The predicted molar refractivity (Wildman–Crippen MR) is 71.6 cm³/mol. The van der Waals surface area contributed by atoms with Gasteiger partial charge in [-0.1, -0.05) is 11.6 Å². The molecule has 7 heteroatoms. The second kappa shape index (κ2) is 8.13. The van der Waals surface area contributed by atoms with E-state index in [1.165, 1.54) is 12.3 Å². The smallest absolute Gasteiger partial charge is 0.339 e. The lowest BCUT2D eigenvalue weighted by Crippen LogP contribution is -2.24. The summed E-state index contributed by atoms with van der Waals surface area (Å²) in [6.07, 6.45) is 1.35. The minimum atomic E-state index is -0.495. The third kappa shape index (κ3) is 5.08. The monoisotopic (exact) mass is 294 g/mol. The molecule has 5 nitrogen and oxygen atoms in total. The molecule has 1 unspecified atom stereocenters. The molecule has 1 aromatic rings. The number of pyridine rings is 1. The first-order valence-corrected chi connectivity index (χ1v) is 5.63. The third-order valence-corrected chi connectivity index (χ3v) is 2.12. The Hall–Kier alpha value is -1.04. The molecule has 102 valence electrons. The van der Waals surface area contributed by atoms with Crippen molar-refractivity contribution >= 4 is 30.0 Å². The highest BCUT2D eigenvalue weighted by molar-refractivity contribution is 6.33. The molecular weight excluding hydrogens is 279 g/mol. The lowest BCUT2D eigenvalue weighted by Gasteiger charge is -2.09. The highest BCUT2D eigenvalue weighted by atomic mass is 35.5. The first kappa shape index (κ1) is 17.0. The van der Waals surface area contributed by atoms with Crippen LogP contribution in [0.4, 0.5) is 0 Å². The molecule has 0 aliphatic heterocycles. The van der Waals surface area contributed by atoms with Crippen molar-refractivity contribution in [3.05, 3.63) is 22.8 Å². The Kier molecular flexibility index (Phi) is 7.66. The van der Waals surface area contributed by atoms with E-state index in [9.17, 15) is 4.79 Å². The van der Waals surface area contributed by atoms with Gasteiger partial charge < -0.3 is 15.2 Å². The normalized spacial score (nSPS) is 11.3. The van der Waals surface area contributed by atoms with Crippen LogP contribution in [0.15, 0.2) is 12.3 Å². The zero-order valence-corrected chi connectivity index (χ0v) is 11.8. The van der Waals surface area contributed by atoms with Gasteiger partial charge in [0.25, 0.3) is 0 Å². The van der Waals surface area contributed by atoms with Crippen LogP contribution in [0.2, 0.25) is 5.02 Å². The summed E-state index contributed by atoms with van der Waals surface area (Å²) in [5.41, 5.74) is 5.78. The maximum absolute atomic E-state index is 11.5. The van der Waals surface area contributed by atoms with Crippen LogP contribution in [0.25, 0.3) is 0 Å². The fourth-order valence-corrected chi connectivity index (χ4v) is 1.26. The van der Waals surface area contributed by atoms with Gasteiger partial charge in [-0.2, -0.15) is 0 Å². The number of hydrogen-bond donors (Lipinski definition) is 1. The standard InChI is InChI=1S/C11H15ClN2O3.ClH/c1-3-16-11(15)8-4-10(14-5-9(8)12)17-6-7(2)13;/h4-5,7H,3,6,13H2,1-2H3;1H. The second-order valence-corrected chi connectivity index (χ2v) is 3.92. The highest BCUT2D eigenvalue weighted by Gasteiger charge is 2.13. The number of esters is 1. The van der Waals surface area contributed by atoms with Crippen molar-refractivity contribution in [2.24, 2.45) is 5.73 Å². The number of halogens is 2. The van der Waals surface area contributed by atoms with E-state index in [1.807, 2.05) is 6.92 Å². The van der Waals surface area contributed by atoms with E-state index in [2.05, 4.69) is 4.98 Å². The van der Waals surface area contributed by atoms with E-state index < -0.39 is 5.97 Å². The Morgan fingerprint density at radius 2 is 2.28 bits per heavy atom. The van der Waals surface area contributed by atoms with Crippen LogP contribution >= 0.6 is 24.0 Å². The minimum Gasteiger partial charge on any atom is -0.476 e. The Morgan fingerprint density at radius 3 is 2.83 bits per heavy atom. The molecular formula is C11H16Cl2N2O3. The fourth-order valence-electron chi connectivity index (χ4n) is 1.08. The molecule has 0 saturated heterocycles. The van der Waals surface area contributed by atoms with Gasteiger partial charge >= 0.3 is 5.97 Å². The van der Waals surface area contributed by atoms with Crippen molar-refractivity contribution in [3.8, 4) is 5.88 Å². The first-order valence-electron chi connectivity index (χ1n) is 5.25. The number of nitrogens with zero attached hydrogens (tertiary/aromatic N) is 1. The maximum atomic E-state index is 11.5. The van der Waals surface area contributed by atoms with E-state index >= 15 is 0 Å². The van der Waals surface area contributed by atoms with Crippen molar-refractivity contribution in [2.45, 2.75) is 19.9 Å². The molecule has 0 spiro atoms. The molecule has 0 aliphatic rings. The van der Waals surface area contributed by atoms with Gasteiger partial charge in [-0.25, -0.2) is 9.78 Å². The number of rotatable bonds is 5. The third-order valence-electron chi connectivity index (χ3n) is 1.82. The number of carbonyl (C=O) groups is 1. The van der Waals surface area contributed by atoms with Gasteiger partial charge in [0.1, 0.15) is 6.61 Å². The molecule has 0 aromatic carbocycles. The first-order chi connectivity index (χ1) is 8.04. The van der Waals surface area contributed by atoms with E-state index in [0.717, 1.165) is 0 Å². The molecule has 0 bridgehead atoms. The summed E-state index contributed by atoms with van der Waals surface area (Å²) in [5, 5.41) is 0.233. The van der Waals surface area contributed by atoms with Gasteiger partial charge in [0.05, 0.1) is 23.4 Å². The highest BCUT2D eigenvalue weighted by Crippen LogP contribution is 2.20. The summed E-state index contributed by atoms with van der Waals surface area (Å²) in [6.45, 7) is 4.13. The number of aromatic nitrogens is 1. The van der Waals surface area contributed by atoms with Crippen LogP contribution < -0.4 is 10.5 Å². The van der Waals surface area contributed by atoms with Gasteiger partial charge in [0.2, 0.25) is 5.88 Å². The molecule has 18 heavy (non-hydrogen) atoms. The summed E-state index contributed by atoms with van der Waals surface area (Å²) in [5.74, 6) is -0.194. The van der Waals surface area contributed by atoms with Crippen molar-refractivity contribution in [1.82, 2.24) is 4.98 Å². The average molecular weight is 295 g/mol. The van der Waals surface area contributed by atoms with Crippen LogP contribution in [-0.2, 0) is 4.74 Å². The minimum absolute atomic E-state index is 0. The number of hydrogen-bond acceptors (Lipinski definition) is 5. The summed E-state index contributed by atoms with van der Waals surface area (Å²) in [7, 11) is 0. The Morgan fingerprint density at radius 1 is 1.61 bits per heavy atom. The van der Waals surface area contributed by atoms with Crippen LogP contribution in [-0.4, -0.2) is 30.2 Å². The number of carbonyl (C=O) groups excluding carboxylic acids is 1. The summed E-state index contributed by atoms with van der Waals surface area (Å²) >= 11 is 5.85. The van der Waals surface area contributed by atoms with Crippen molar-refractivity contribution in [1.29, 1.82) is 0 Å². The largest absolute Gasteiger partial charge is 0.476 e. The summed E-state index contributed by atoms with van der Waals surface area (Å²) in [6, 6.07) is 1.33. The molecule has 0 amide bonds. The lowest BCUT2D eigenvalue weighted by atomic mass is 10.2. The van der Waals surface area contributed by atoms with E-state index in [1.54, 1.807) is 6.92 Å². The quantitative estimate of drug-likeness (QED) is 0.842. The molecule has 0 aliphatic carbocycles. The van der Waals surface area contributed by atoms with Crippen LogP contribution in [0.1, 0.15) is 24.2 Å².